The number of hydrogen-bond acceptors (Lipinski definition) is 2. The zero-order valence-corrected chi connectivity index (χ0v) is 5.10. The summed E-state index contributed by atoms with van der Waals surface area (Å²) in [5.74, 6) is 2.20. The molecule has 0 heterocycles. The molecule has 0 N–H and O–H groups in total. The molecule has 0 aliphatic heterocycles. The first kappa shape index (κ1) is 6.75. The van der Waals surface area contributed by atoms with Gasteiger partial charge in [-0.1, -0.05) is 5.92 Å². The van der Waals surface area contributed by atoms with E-state index >= 15 is 0 Å². The molecule has 40 valence electrons. The summed E-state index contributed by atoms with van der Waals surface area (Å²) in [6.07, 6.45) is 4.78. The van der Waals surface area contributed by atoms with Crippen molar-refractivity contribution in [2.45, 2.75) is 0 Å². The van der Waals surface area contributed by atoms with Gasteiger partial charge >= 0.3 is 0 Å². The zero-order valence-electron chi connectivity index (χ0n) is 4.10. The average Bonchev–Trinajstić information content (AvgIpc) is 1.61. The Morgan fingerprint density at radius 3 is 2.71 bits per heavy atom. The second-order valence-corrected chi connectivity index (χ2v) is 2.26. The molecule has 0 saturated carbocycles. The molecule has 0 saturated heterocycles. The smallest absolute Gasteiger partial charge is 0.189 e. The average molecular weight is 118 g/mol. The third-order valence-electron chi connectivity index (χ3n) is 0.359. The minimum atomic E-state index is -1.79. The van der Waals surface area contributed by atoms with E-state index in [9.17, 15) is 4.57 Å². The van der Waals surface area contributed by atoms with E-state index in [-0.39, 0.29) is 6.61 Å². The monoisotopic (exact) mass is 118 g/mol. The summed E-state index contributed by atoms with van der Waals surface area (Å²) >= 11 is 0. The van der Waals surface area contributed by atoms with Gasteiger partial charge in [-0.2, -0.15) is 0 Å². The van der Waals surface area contributed by atoms with Gasteiger partial charge in [0.2, 0.25) is 0 Å². The third kappa shape index (κ3) is 5.75. The molecule has 2 nitrogen and oxygen atoms in total. The van der Waals surface area contributed by atoms with E-state index in [2.05, 4.69) is 10.4 Å². The maximum atomic E-state index is 10.1. The van der Waals surface area contributed by atoms with Crippen molar-refractivity contribution in [3.63, 3.8) is 0 Å². The lowest BCUT2D eigenvalue weighted by molar-refractivity contribution is 0.382. The van der Waals surface area contributed by atoms with Crippen LogP contribution in [0.4, 0.5) is 0 Å². The van der Waals surface area contributed by atoms with Crippen LogP contribution in [0.25, 0.3) is 0 Å². The summed E-state index contributed by atoms with van der Waals surface area (Å²) in [6.45, 7) is 1.66. The fraction of sp³-hybridized carbons (Fsp3) is 0.500. The molecule has 0 rings (SSSR count). The van der Waals surface area contributed by atoms with E-state index in [1.54, 1.807) is 0 Å². The van der Waals surface area contributed by atoms with Crippen molar-refractivity contribution in [3.8, 4) is 12.3 Å². The predicted molar refractivity (Wildman–Crippen MR) is 29.7 cm³/mol. The molecule has 0 aliphatic rings. The Morgan fingerprint density at radius 1 is 2.00 bits per heavy atom. The third-order valence-corrected chi connectivity index (χ3v) is 0.910. The van der Waals surface area contributed by atoms with Gasteiger partial charge in [0.15, 0.2) is 8.03 Å². The molecule has 0 fully saturated rings. The molecule has 0 radical (unpaired) electrons. The Balaban J connectivity index is 3.02. The predicted octanol–water partition coefficient (Wildman–Crippen LogP) is 0.741. The Labute approximate surface area is 43.7 Å². The molecule has 0 aromatic heterocycles. The van der Waals surface area contributed by atoms with E-state index < -0.39 is 8.03 Å². The van der Waals surface area contributed by atoms with Crippen molar-refractivity contribution in [1.82, 2.24) is 0 Å². The second kappa shape index (κ2) is 3.92. The molecule has 1 unspecified atom stereocenters. The molecule has 0 aromatic carbocycles. The van der Waals surface area contributed by atoms with Crippen LogP contribution in [0.5, 0.6) is 0 Å². The van der Waals surface area contributed by atoms with Crippen LogP contribution in [0.2, 0.25) is 0 Å². The van der Waals surface area contributed by atoms with Crippen LogP contribution in [0.1, 0.15) is 0 Å². The topological polar surface area (TPSA) is 26.3 Å². The van der Waals surface area contributed by atoms with Crippen LogP contribution < -0.4 is 0 Å². The molecule has 7 heavy (non-hydrogen) atoms. The summed E-state index contributed by atoms with van der Waals surface area (Å²) in [6, 6.07) is 0. The van der Waals surface area contributed by atoms with E-state index in [4.69, 9.17) is 6.42 Å². The van der Waals surface area contributed by atoms with Crippen LogP contribution in [-0.2, 0) is 9.09 Å². The Kier molecular flexibility index (Phi) is 3.78. The van der Waals surface area contributed by atoms with Crippen LogP contribution in [0.3, 0.4) is 0 Å². The highest BCUT2D eigenvalue weighted by atomic mass is 31.1. The van der Waals surface area contributed by atoms with Crippen molar-refractivity contribution in [3.05, 3.63) is 0 Å². The van der Waals surface area contributed by atoms with Crippen molar-refractivity contribution < 1.29 is 9.09 Å². The van der Waals surface area contributed by atoms with E-state index in [0.717, 1.165) is 0 Å². The number of hydrogen-bond donors (Lipinski definition) is 0. The van der Waals surface area contributed by atoms with Gasteiger partial charge in [-0.05, 0) is 0 Å². The highest BCUT2D eigenvalue weighted by Crippen LogP contribution is 2.13. The normalized spacial score (nSPS) is 12.6. The van der Waals surface area contributed by atoms with Gasteiger partial charge in [0.05, 0.1) is 0 Å². The Hall–Kier alpha value is -0.250. The van der Waals surface area contributed by atoms with Crippen LogP contribution in [-0.4, -0.2) is 13.3 Å². The fourth-order valence-electron chi connectivity index (χ4n) is 0.143. The summed E-state index contributed by atoms with van der Waals surface area (Å²) in [4.78, 5) is 0. The van der Waals surface area contributed by atoms with E-state index in [1.807, 2.05) is 0 Å². The van der Waals surface area contributed by atoms with Crippen LogP contribution in [0, 0.1) is 12.3 Å². The van der Waals surface area contributed by atoms with Gasteiger partial charge in [0.1, 0.15) is 6.61 Å². The lowest BCUT2D eigenvalue weighted by atomic mass is 10.8. The molecule has 3 heteroatoms. The summed E-state index contributed by atoms with van der Waals surface area (Å²) in [5, 5.41) is 0. The Bertz CT molecular complexity index is 103. The van der Waals surface area contributed by atoms with Gasteiger partial charge in [0, 0.05) is 6.66 Å². The van der Waals surface area contributed by atoms with Crippen molar-refractivity contribution in [2.75, 3.05) is 13.3 Å². The minimum absolute atomic E-state index is 0.161. The molecule has 1 atom stereocenters. The summed E-state index contributed by atoms with van der Waals surface area (Å²) < 4.78 is 14.6. The maximum Gasteiger partial charge on any atom is 0.189 e. The Morgan fingerprint density at radius 2 is 2.57 bits per heavy atom. The standard InChI is InChI=1S/C4H7O2P/c1-3-4-6-7(2)5/h1,7H,4H2,2H3. The molecule has 0 spiro atoms. The zero-order chi connectivity index (χ0) is 5.70. The highest BCUT2D eigenvalue weighted by molar-refractivity contribution is 7.38. The first-order valence-corrected chi connectivity index (χ1v) is 3.66. The SMILES string of the molecule is C#CCO[PH](C)=O. The van der Waals surface area contributed by atoms with Crippen LogP contribution >= 0.6 is 8.03 Å². The highest BCUT2D eigenvalue weighted by Gasteiger charge is 1.81. The first-order valence-electron chi connectivity index (χ1n) is 1.84. The van der Waals surface area contributed by atoms with Crippen molar-refractivity contribution in [2.24, 2.45) is 0 Å². The molecule has 0 amide bonds. The van der Waals surface area contributed by atoms with Gasteiger partial charge in [-0.25, -0.2) is 0 Å². The lowest BCUT2D eigenvalue weighted by Gasteiger charge is -1.87. The summed E-state index contributed by atoms with van der Waals surface area (Å²) in [7, 11) is -1.79. The molecular weight excluding hydrogens is 111 g/mol. The van der Waals surface area contributed by atoms with Crippen molar-refractivity contribution >= 4 is 8.03 Å². The van der Waals surface area contributed by atoms with Gasteiger partial charge in [-0.3, -0.25) is 4.57 Å². The lowest BCUT2D eigenvalue weighted by Crippen LogP contribution is -1.76. The molecule has 0 bridgehead atoms. The van der Waals surface area contributed by atoms with E-state index in [0.29, 0.717) is 0 Å². The van der Waals surface area contributed by atoms with Crippen molar-refractivity contribution in [1.29, 1.82) is 0 Å². The minimum Gasteiger partial charge on any atom is -0.318 e. The largest absolute Gasteiger partial charge is 0.318 e. The van der Waals surface area contributed by atoms with E-state index in [1.165, 1.54) is 6.66 Å². The maximum absolute atomic E-state index is 10.1. The van der Waals surface area contributed by atoms with Gasteiger partial charge < -0.3 is 4.52 Å². The number of rotatable bonds is 2. The first-order chi connectivity index (χ1) is 3.27. The fourth-order valence-corrected chi connectivity index (χ4v) is 0.430. The van der Waals surface area contributed by atoms with Gasteiger partial charge in [-0.15, -0.1) is 6.42 Å². The molecule has 0 aliphatic carbocycles. The van der Waals surface area contributed by atoms with Gasteiger partial charge in [0.25, 0.3) is 0 Å². The summed E-state index contributed by atoms with van der Waals surface area (Å²) in [5.41, 5.74) is 0. The molecule has 0 aromatic rings. The molecular formula is C4H7O2P. The quantitative estimate of drug-likeness (QED) is 0.395. The van der Waals surface area contributed by atoms with Crippen LogP contribution in [0.15, 0.2) is 0 Å². The number of terminal acetylenes is 1. The second-order valence-electron chi connectivity index (χ2n) is 0.984.